The van der Waals surface area contributed by atoms with Crippen LogP contribution in [0.5, 0.6) is 0 Å². The van der Waals surface area contributed by atoms with E-state index in [0.717, 1.165) is 5.57 Å². The van der Waals surface area contributed by atoms with Crippen LogP contribution in [-0.2, 0) is 14.4 Å². The molecule has 2 rings (SSSR count). The van der Waals surface area contributed by atoms with Crippen molar-refractivity contribution in [3.8, 4) is 0 Å². The summed E-state index contributed by atoms with van der Waals surface area (Å²) in [7, 11) is 0. The highest BCUT2D eigenvalue weighted by molar-refractivity contribution is 6.42. The summed E-state index contributed by atoms with van der Waals surface area (Å²) in [6.07, 6.45) is 2.38. The molecular weight excluding hydrogens is 196 g/mol. The molecular formula is C11H12O4. The van der Waals surface area contributed by atoms with Gasteiger partial charge < -0.3 is 5.11 Å². The lowest BCUT2D eigenvalue weighted by Crippen LogP contribution is -2.29. The molecule has 0 spiro atoms. The molecule has 4 heteroatoms. The van der Waals surface area contributed by atoms with Gasteiger partial charge in [0.25, 0.3) is 0 Å². The van der Waals surface area contributed by atoms with Gasteiger partial charge in [-0.05, 0) is 24.3 Å². The van der Waals surface area contributed by atoms with Crippen molar-refractivity contribution in [1.82, 2.24) is 0 Å². The Hall–Kier alpha value is -1.45. The molecule has 2 aliphatic carbocycles. The SMILES string of the molecule is CC12CC(=O)C(=O)C=C1CC(C(=O)O)C2. The number of carbonyl (C=O) groups excluding carboxylic acids is 2. The molecule has 0 aromatic rings. The van der Waals surface area contributed by atoms with E-state index in [9.17, 15) is 14.4 Å². The molecule has 15 heavy (non-hydrogen) atoms. The van der Waals surface area contributed by atoms with Gasteiger partial charge in [-0.1, -0.05) is 12.5 Å². The number of rotatable bonds is 1. The molecule has 4 nitrogen and oxygen atoms in total. The molecule has 0 saturated heterocycles. The van der Waals surface area contributed by atoms with Gasteiger partial charge in [0.05, 0.1) is 5.92 Å². The number of hydrogen-bond donors (Lipinski definition) is 1. The lowest BCUT2D eigenvalue weighted by molar-refractivity contribution is -0.142. The van der Waals surface area contributed by atoms with E-state index < -0.39 is 28.9 Å². The van der Waals surface area contributed by atoms with Crippen LogP contribution in [0.4, 0.5) is 0 Å². The van der Waals surface area contributed by atoms with E-state index in [4.69, 9.17) is 5.11 Å². The minimum Gasteiger partial charge on any atom is -0.481 e. The van der Waals surface area contributed by atoms with Crippen molar-refractivity contribution in [1.29, 1.82) is 0 Å². The molecule has 0 radical (unpaired) electrons. The van der Waals surface area contributed by atoms with Crippen molar-refractivity contribution in [2.24, 2.45) is 11.3 Å². The second kappa shape index (κ2) is 3.02. The average Bonchev–Trinajstić information content (AvgIpc) is 2.43. The van der Waals surface area contributed by atoms with Gasteiger partial charge in [-0.2, -0.15) is 0 Å². The topological polar surface area (TPSA) is 71.4 Å². The first-order valence-electron chi connectivity index (χ1n) is 4.93. The summed E-state index contributed by atoms with van der Waals surface area (Å²) in [5.41, 5.74) is 0.438. The summed E-state index contributed by atoms with van der Waals surface area (Å²) in [5.74, 6) is -2.16. The zero-order chi connectivity index (χ0) is 11.2. The van der Waals surface area contributed by atoms with Crippen LogP contribution in [0.1, 0.15) is 26.2 Å². The Balaban J connectivity index is 2.34. The number of aliphatic carboxylic acids is 1. The largest absolute Gasteiger partial charge is 0.481 e. The number of ketones is 2. The van der Waals surface area contributed by atoms with Crippen LogP contribution in [0.2, 0.25) is 0 Å². The van der Waals surface area contributed by atoms with Crippen molar-refractivity contribution >= 4 is 17.5 Å². The molecule has 80 valence electrons. The Morgan fingerprint density at radius 3 is 2.80 bits per heavy atom. The zero-order valence-corrected chi connectivity index (χ0v) is 8.45. The number of Topliss-reactive ketones (excluding diaryl/α,β-unsaturated/α-hetero) is 1. The Morgan fingerprint density at radius 2 is 2.20 bits per heavy atom. The van der Waals surface area contributed by atoms with E-state index >= 15 is 0 Å². The van der Waals surface area contributed by atoms with Crippen molar-refractivity contribution in [3.63, 3.8) is 0 Å². The molecule has 2 atom stereocenters. The first-order valence-corrected chi connectivity index (χ1v) is 4.93. The van der Waals surface area contributed by atoms with Crippen LogP contribution < -0.4 is 0 Å². The molecule has 2 unspecified atom stereocenters. The standard InChI is InChI=1S/C11H12O4/c1-11-4-6(10(14)15)2-7(11)3-8(12)9(13)5-11/h3,6H,2,4-5H2,1H3,(H,14,15). The van der Waals surface area contributed by atoms with Crippen molar-refractivity contribution in [2.75, 3.05) is 0 Å². The first-order chi connectivity index (χ1) is 6.92. The third kappa shape index (κ3) is 1.50. The highest BCUT2D eigenvalue weighted by Gasteiger charge is 2.46. The van der Waals surface area contributed by atoms with Gasteiger partial charge in [0, 0.05) is 6.42 Å². The molecule has 0 amide bonds. The molecule has 1 N–H and O–H groups in total. The predicted octanol–water partition coefficient (Wildman–Crippen LogP) is 0.956. The first kappa shape index (κ1) is 10.1. The lowest BCUT2D eigenvalue weighted by atomic mass is 9.75. The normalized spacial score (nSPS) is 35.0. The molecule has 1 fully saturated rings. The van der Waals surface area contributed by atoms with Gasteiger partial charge in [-0.25, -0.2) is 0 Å². The fourth-order valence-electron chi connectivity index (χ4n) is 2.53. The third-order valence-corrected chi connectivity index (χ3v) is 3.42. The van der Waals surface area contributed by atoms with Crippen molar-refractivity contribution in [2.45, 2.75) is 26.2 Å². The monoisotopic (exact) mass is 208 g/mol. The van der Waals surface area contributed by atoms with Crippen LogP contribution in [-0.4, -0.2) is 22.6 Å². The second-order valence-electron chi connectivity index (χ2n) is 4.64. The van der Waals surface area contributed by atoms with Gasteiger partial charge in [0.1, 0.15) is 0 Å². The van der Waals surface area contributed by atoms with Crippen LogP contribution in [0.25, 0.3) is 0 Å². The third-order valence-electron chi connectivity index (χ3n) is 3.42. The van der Waals surface area contributed by atoms with Crippen LogP contribution in [0.3, 0.4) is 0 Å². The minimum absolute atomic E-state index is 0.168. The van der Waals surface area contributed by atoms with E-state index in [-0.39, 0.29) is 6.42 Å². The second-order valence-corrected chi connectivity index (χ2v) is 4.64. The fourth-order valence-corrected chi connectivity index (χ4v) is 2.53. The molecule has 1 saturated carbocycles. The Labute approximate surface area is 87.0 Å². The maximum Gasteiger partial charge on any atom is 0.306 e. The molecule has 2 aliphatic rings. The van der Waals surface area contributed by atoms with Crippen LogP contribution in [0, 0.1) is 11.3 Å². The summed E-state index contributed by atoms with van der Waals surface area (Å²) in [4.78, 5) is 33.3. The predicted molar refractivity (Wildman–Crippen MR) is 51.2 cm³/mol. The molecule has 0 aromatic carbocycles. The smallest absolute Gasteiger partial charge is 0.306 e. The quantitative estimate of drug-likeness (QED) is 0.651. The summed E-state index contributed by atoms with van der Waals surface area (Å²) in [5, 5.41) is 8.91. The highest BCUT2D eigenvalue weighted by Crippen LogP contribution is 2.50. The van der Waals surface area contributed by atoms with E-state index in [1.807, 2.05) is 6.92 Å². The average molecular weight is 208 g/mol. The maximum atomic E-state index is 11.3. The van der Waals surface area contributed by atoms with Crippen LogP contribution >= 0.6 is 0 Å². The summed E-state index contributed by atoms with van der Waals surface area (Å²) in [6.45, 7) is 1.87. The Kier molecular flexibility index (Phi) is 2.03. The fraction of sp³-hybridized carbons (Fsp3) is 0.545. The number of carboxylic acid groups (broad SMARTS) is 1. The minimum atomic E-state index is -0.841. The van der Waals surface area contributed by atoms with Gasteiger partial charge in [0.15, 0.2) is 0 Å². The van der Waals surface area contributed by atoms with Gasteiger partial charge >= 0.3 is 5.97 Å². The number of carboxylic acids is 1. The van der Waals surface area contributed by atoms with Gasteiger partial charge in [0.2, 0.25) is 11.6 Å². The number of carbonyl (C=O) groups is 3. The van der Waals surface area contributed by atoms with Crippen LogP contribution in [0.15, 0.2) is 11.6 Å². The number of fused-ring (bicyclic) bond motifs is 1. The summed E-state index contributed by atoms with van der Waals surface area (Å²) >= 11 is 0. The number of allylic oxidation sites excluding steroid dienone is 2. The molecule has 0 bridgehead atoms. The van der Waals surface area contributed by atoms with E-state index in [0.29, 0.717) is 12.8 Å². The summed E-state index contributed by atoms with van der Waals surface area (Å²) < 4.78 is 0. The van der Waals surface area contributed by atoms with Crippen molar-refractivity contribution in [3.05, 3.63) is 11.6 Å². The summed E-state index contributed by atoms with van der Waals surface area (Å²) in [6, 6.07) is 0. The Bertz CT molecular complexity index is 393. The van der Waals surface area contributed by atoms with E-state index in [2.05, 4.69) is 0 Å². The van der Waals surface area contributed by atoms with Crippen molar-refractivity contribution < 1.29 is 19.5 Å². The molecule has 0 aromatic heterocycles. The highest BCUT2D eigenvalue weighted by atomic mass is 16.4. The van der Waals surface area contributed by atoms with Gasteiger partial charge in [-0.15, -0.1) is 0 Å². The van der Waals surface area contributed by atoms with E-state index in [1.165, 1.54) is 6.08 Å². The number of hydrogen-bond acceptors (Lipinski definition) is 3. The molecule has 0 aliphatic heterocycles. The Morgan fingerprint density at radius 1 is 1.53 bits per heavy atom. The zero-order valence-electron chi connectivity index (χ0n) is 8.45. The van der Waals surface area contributed by atoms with Gasteiger partial charge in [-0.3, -0.25) is 14.4 Å². The lowest BCUT2D eigenvalue weighted by Gasteiger charge is -2.27. The maximum absolute atomic E-state index is 11.3. The van der Waals surface area contributed by atoms with E-state index in [1.54, 1.807) is 0 Å². The molecule has 0 heterocycles.